The molecule has 0 spiro atoms. The first-order valence-electron chi connectivity index (χ1n) is 5.18. The fourth-order valence-corrected chi connectivity index (χ4v) is 3.35. The molecule has 0 unspecified atom stereocenters. The standard InChI is InChI=1S/C12H12ClIN2S/c1-7-8(2)17-12(16-7)6-15-11-4-3-9(13)5-10(11)14/h3-5,15H,6H2,1-2H3. The Kier molecular flexibility index (Phi) is 4.27. The number of benzene rings is 1. The van der Waals surface area contributed by atoms with E-state index in [1.54, 1.807) is 11.3 Å². The number of rotatable bonds is 3. The zero-order chi connectivity index (χ0) is 12.4. The number of anilines is 1. The van der Waals surface area contributed by atoms with Gasteiger partial charge in [0.25, 0.3) is 0 Å². The first kappa shape index (κ1) is 13.1. The van der Waals surface area contributed by atoms with Gasteiger partial charge in [0.05, 0.1) is 12.2 Å². The van der Waals surface area contributed by atoms with Crippen LogP contribution in [0.1, 0.15) is 15.6 Å². The minimum atomic E-state index is 0.761. The van der Waals surface area contributed by atoms with Crippen molar-refractivity contribution in [3.05, 3.63) is 42.4 Å². The van der Waals surface area contributed by atoms with E-state index in [1.165, 1.54) is 4.88 Å². The highest BCUT2D eigenvalue weighted by Crippen LogP contribution is 2.24. The lowest BCUT2D eigenvalue weighted by Gasteiger charge is -2.06. The third-order valence-electron chi connectivity index (χ3n) is 2.43. The Hall–Kier alpha value is -0.330. The van der Waals surface area contributed by atoms with Crippen molar-refractivity contribution < 1.29 is 0 Å². The highest BCUT2D eigenvalue weighted by atomic mass is 127. The number of hydrogen-bond donors (Lipinski definition) is 1. The molecule has 90 valence electrons. The number of halogens is 2. The molecule has 1 heterocycles. The average molecular weight is 379 g/mol. The molecule has 0 saturated heterocycles. The maximum atomic E-state index is 5.92. The summed E-state index contributed by atoms with van der Waals surface area (Å²) in [4.78, 5) is 5.78. The molecule has 1 aromatic heterocycles. The van der Waals surface area contributed by atoms with Crippen LogP contribution in [0.4, 0.5) is 5.69 Å². The van der Waals surface area contributed by atoms with E-state index in [4.69, 9.17) is 11.6 Å². The predicted molar refractivity (Wildman–Crippen MR) is 83.1 cm³/mol. The summed E-state index contributed by atoms with van der Waals surface area (Å²) in [5.74, 6) is 0. The molecule has 0 amide bonds. The van der Waals surface area contributed by atoms with Crippen LogP contribution in [0.5, 0.6) is 0 Å². The molecule has 17 heavy (non-hydrogen) atoms. The van der Waals surface area contributed by atoms with E-state index in [9.17, 15) is 0 Å². The van der Waals surface area contributed by atoms with Gasteiger partial charge < -0.3 is 5.32 Å². The van der Waals surface area contributed by atoms with Crippen molar-refractivity contribution in [3.63, 3.8) is 0 Å². The van der Waals surface area contributed by atoms with Crippen LogP contribution in [0.15, 0.2) is 18.2 Å². The molecule has 1 N–H and O–H groups in total. The topological polar surface area (TPSA) is 24.9 Å². The zero-order valence-electron chi connectivity index (χ0n) is 9.55. The summed E-state index contributed by atoms with van der Waals surface area (Å²) in [5.41, 5.74) is 2.22. The molecule has 2 rings (SSSR count). The lowest BCUT2D eigenvalue weighted by atomic mass is 10.3. The molecule has 0 aliphatic rings. The SMILES string of the molecule is Cc1nc(CNc2ccc(Cl)cc2I)sc1C. The zero-order valence-corrected chi connectivity index (χ0v) is 13.3. The highest BCUT2D eigenvalue weighted by Gasteiger charge is 2.05. The fourth-order valence-electron chi connectivity index (χ4n) is 1.42. The van der Waals surface area contributed by atoms with Crippen molar-refractivity contribution >= 4 is 51.2 Å². The van der Waals surface area contributed by atoms with E-state index in [1.807, 2.05) is 25.1 Å². The quantitative estimate of drug-likeness (QED) is 0.788. The maximum absolute atomic E-state index is 5.92. The first-order chi connectivity index (χ1) is 8.06. The van der Waals surface area contributed by atoms with E-state index >= 15 is 0 Å². The second-order valence-corrected chi connectivity index (χ2v) is 6.61. The van der Waals surface area contributed by atoms with Gasteiger partial charge in [0.2, 0.25) is 0 Å². The van der Waals surface area contributed by atoms with E-state index in [0.29, 0.717) is 0 Å². The first-order valence-corrected chi connectivity index (χ1v) is 7.45. The van der Waals surface area contributed by atoms with E-state index in [-0.39, 0.29) is 0 Å². The van der Waals surface area contributed by atoms with Crippen molar-refractivity contribution in [2.75, 3.05) is 5.32 Å². The Morgan fingerprint density at radius 1 is 1.41 bits per heavy atom. The van der Waals surface area contributed by atoms with Crippen LogP contribution in [-0.2, 0) is 6.54 Å². The van der Waals surface area contributed by atoms with Gasteiger partial charge in [-0.1, -0.05) is 11.6 Å². The number of hydrogen-bond acceptors (Lipinski definition) is 3. The Morgan fingerprint density at radius 2 is 2.18 bits per heavy atom. The largest absolute Gasteiger partial charge is 0.378 e. The fraction of sp³-hybridized carbons (Fsp3) is 0.250. The number of aromatic nitrogens is 1. The van der Waals surface area contributed by atoms with Gasteiger partial charge in [-0.3, -0.25) is 0 Å². The molecule has 2 aromatic rings. The molecular formula is C12H12ClIN2S. The van der Waals surface area contributed by atoms with E-state index in [2.05, 4.69) is 39.8 Å². The maximum Gasteiger partial charge on any atom is 0.112 e. The second kappa shape index (κ2) is 5.54. The third kappa shape index (κ3) is 3.33. The lowest BCUT2D eigenvalue weighted by Crippen LogP contribution is -2.00. The van der Waals surface area contributed by atoms with Crippen molar-refractivity contribution in [2.45, 2.75) is 20.4 Å². The summed E-state index contributed by atoms with van der Waals surface area (Å²) in [6, 6.07) is 5.84. The van der Waals surface area contributed by atoms with Gasteiger partial charge in [-0.15, -0.1) is 11.3 Å². The van der Waals surface area contributed by atoms with Gasteiger partial charge in [-0.25, -0.2) is 4.98 Å². The summed E-state index contributed by atoms with van der Waals surface area (Å²) in [7, 11) is 0. The van der Waals surface area contributed by atoms with Gasteiger partial charge in [0.15, 0.2) is 0 Å². The van der Waals surface area contributed by atoms with Gasteiger partial charge in [-0.2, -0.15) is 0 Å². The van der Waals surface area contributed by atoms with Crippen LogP contribution in [-0.4, -0.2) is 4.98 Å². The van der Waals surface area contributed by atoms with Crippen LogP contribution >= 0.6 is 45.5 Å². The van der Waals surface area contributed by atoms with Crippen LogP contribution in [0.25, 0.3) is 0 Å². The molecule has 0 aliphatic heterocycles. The van der Waals surface area contributed by atoms with Crippen molar-refractivity contribution in [1.29, 1.82) is 0 Å². The third-order valence-corrected chi connectivity index (χ3v) is 4.63. The summed E-state index contributed by atoms with van der Waals surface area (Å²) in [6.07, 6.45) is 0. The summed E-state index contributed by atoms with van der Waals surface area (Å²) >= 11 is 9.93. The highest BCUT2D eigenvalue weighted by molar-refractivity contribution is 14.1. The van der Waals surface area contributed by atoms with Gasteiger partial charge in [0.1, 0.15) is 5.01 Å². The number of nitrogens with zero attached hydrogens (tertiary/aromatic N) is 1. The molecule has 0 bridgehead atoms. The van der Waals surface area contributed by atoms with Crippen molar-refractivity contribution in [3.8, 4) is 0 Å². The van der Waals surface area contributed by atoms with Crippen LogP contribution < -0.4 is 5.32 Å². The van der Waals surface area contributed by atoms with Crippen LogP contribution in [0.3, 0.4) is 0 Å². The summed E-state index contributed by atoms with van der Waals surface area (Å²) in [5, 5.41) is 5.26. The lowest BCUT2D eigenvalue weighted by molar-refractivity contribution is 1.07. The van der Waals surface area contributed by atoms with Crippen molar-refractivity contribution in [1.82, 2.24) is 4.98 Å². The van der Waals surface area contributed by atoms with Crippen molar-refractivity contribution in [2.24, 2.45) is 0 Å². The summed E-state index contributed by atoms with van der Waals surface area (Å²) < 4.78 is 1.13. The monoisotopic (exact) mass is 378 g/mol. The molecule has 0 fully saturated rings. The van der Waals surface area contributed by atoms with E-state index in [0.717, 1.165) is 31.5 Å². The molecule has 0 radical (unpaired) electrons. The molecule has 1 aromatic carbocycles. The Morgan fingerprint density at radius 3 is 2.76 bits per heavy atom. The molecule has 5 heteroatoms. The predicted octanol–water partition coefficient (Wildman–Crippen LogP) is 4.63. The molecule has 0 aliphatic carbocycles. The Bertz CT molecular complexity index is 520. The molecule has 0 atom stereocenters. The smallest absolute Gasteiger partial charge is 0.112 e. The van der Waals surface area contributed by atoms with Gasteiger partial charge >= 0.3 is 0 Å². The minimum Gasteiger partial charge on any atom is -0.378 e. The number of nitrogens with one attached hydrogen (secondary N) is 1. The molecular weight excluding hydrogens is 367 g/mol. The molecule has 0 saturated carbocycles. The number of aryl methyl sites for hydroxylation is 2. The second-order valence-electron chi connectivity index (χ2n) is 3.73. The number of thiazole rings is 1. The van der Waals surface area contributed by atoms with E-state index < -0.39 is 0 Å². The molecule has 2 nitrogen and oxygen atoms in total. The van der Waals surface area contributed by atoms with Crippen LogP contribution in [0.2, 0.25) is 5.02 Å². The normalized spacial score (nSPS) is 10.6. The average Bonchev–Trinajstić information content (AvgIpc) is 2.57. The summed E-state index contributed by atoms with van der Waals surface area (Å²) in [6.45, 7) is 4.90. The van der Waals surface area contributed by atoms with Gasteiger partial charge in [0, 0.05) is 19.2 Å². The Labute approximate surface area is 124 Å². The van der Waals surface area contributed by atoms with Crippen LogP contribution in [0, 0.1) is 17.4 Å². The Balaban J connectivity index is 2.07. The minimum absolute atomic E-state index is 0.761. The van der Waals surface area contributed by atoms with Gasteiger partial charge in [-0.05, 0) is 54.6 Å².